The Bertz CT molecular complexity index is 537. The second-order valence-electron chi connectivity index (χ2n) is 5.98. The van der Waals surface area contributed by atoms with Gasteiger partial charge in [-0.3, -0.25) is 9.59 Å². The lowest BCUT2D eigenvalue weighted by atomic mass is 9.97. The Hall–Kier alpha value is -1.84. The molecule has 2 atom stereocenters. The monoisotopic (exact) mass is 272 g/mol. The minimum atomic E-state index is -0.538. The molecule has 1 N–H and O–H groups in total. The molecular weight excluding hydrogens is 252 g/mol. The number of rotatable bonds is 3. The third-order valence-electron chi connectivity index (χ3n) is 4.46. The van der Waals surface area contributed by atoms with Crippen LogP contribution in [0.15, 0.2) is 30.3 Å². The summed E-state index contributed by atoms with van der Waals surface area (Å²) in [6, 6.07) is 8.62. The predicted octanol–water partition coefficient (Wildman–Crippen LogP) is 2.02. The number of nitrogens with one attached hydrogen (secondary N) is 1. The zero-order chi connectivity index (χ0) is 14.3. The Morgan fingerprint density at radius 3 is 2.45 bits per heavy atom. The lowest BCUT2D eigenvalue weighted by Gasteiger charge is -2.42. The van der Waals surface area contributed by atoms with Crippen molar-refractivity contribution in [1.29, 1.82) is 0 Å². The van der Waals surface area contributed by atoms with Crippen molar-refractivity contribution in [3.8, 4) is 0 Å². The Kier molecular flexibility index (Phi) is 3.04. The molecule has 20 heavy (non-hydrogen) atoms. The molecule has 2 unspecified atom stereocenters. The van der Waals surface area contributed by atoms with Crippen LogP contribution >= 0.6 is 0 Å². The molecule has 1 saturated heterocycles. The first kappa shape index (κ1) is 13.2. The molecule has 2 amide bonds. The Morgan fingerprint density at radius 1 is 1.25 bits per heavy atom. The van der Waals surface area contributed by atoms with E-state index in [4.69, 9.17) is 0 Å². The molecule has 4 heteroatoms. The van der Waals surface area contributed by atoms with E-state index in [-0.39, 0.29) is 23.4 Å². The van der Waals surface area contributed by atoms with Crippen molar-refractivity contribution in [2.24, 2.45) is 0 Å². The molecule has 1 saturated carbocycles. The average molecular weight is 272 g/mol. The van der Waals surface area contributed by atoms with Gasteiger partial charge in [0.15, 0.2) is 0 Å². The fourth-order valence-electron chi connectivity index (χ4n) is 3.01. The van der Waals surface area contributed by atoms with Crippen molar-refractivity contribution < 1.29 is 9.59 Å². The number of nitrogens with zero attached hydrogens (tertiary/aromatic N) is 1. The molecule has 0 spiro atoms. The van der Waals surface area contributed by atoms with Crippen LogP contribution in [0.3, 0.4) is 0 Å². The van der Waals surface area contributed by atoms with Crippen molar-refractivity contribution in [2.75, 3.05) is 0 Å². The maximum atomic E-state index is 12.8. The Balaban J connectivity index is 1.96. The predicted molar refractivity (Wildman–Crippen MR) is 75.9 cm³/mol. The molecule has 0 aromatic heterocycles. The number of amides is 2. The SMILES string of the molecule is CCC1C(=O)NC(c2ccccc2)C(=O)N1C1(C)CC1. The van der Waals surface area contributed by atoms with Crippen LogP contribution in [0.2, 0.25) is 0 Å². The van der Waals surface area contributed by atoms with E-state index in [1.807, 2.05) is 42.2 Å². The molecule has 0 radical (unpaired) electrons. The number of benzene rings is 1. The van der Waals surface area contributed by atoms with Crippen molar-refractivity contribution in [1.82, 2.24) is 10.2 Å². The second-order valence-corrected chi connectivity index (χ2v) is 5.98. The average Bonchev–Trinajstić information content (AvgIpc) is 3.20. The van der Waals surface area contributed by atoms with Gasteiger partial charge in [0.25, 0.3) is 5.91 Å². The van der Waals surface area contributed by atoms with Gasteiger partial charge in [-0.1, -0.05) is 37.3 Å². The smallest absolute Gasteiger partial charge is 0.250 e. The van der Waals surface area contributed by atoms with E-state index in [0.29, 0.717) is 6.42 Å². The summed E-state index contributed by atoms with van der Waals surface area (Å²) < 4.78 is 0. The number of piperazine rings is 1. The van der Waals surface area contributed by atoms with E-state index >= 15 is 0 Å². The van der Waals surface area contributed by atoms with Crippen molar-refractivity contribution in [3.63, 3.8) is 0 Å². The van der Waals surface area contributed by atoms with Gasteiger partial charge in [-0.05, 0) is 31.7 Å². The minimum Gasteiger partial charge on any atom is -0.339 e. The maximum absolute atomic E-state index is 12.8. The molecule has 2 aliphatic rings. The van der Waals surface area contributed by atoms with Crippen molar-refractivity contribution >= 4 is 11.8 Å². The topological polar surface area (TPSA) is 49.4 Å². The van der Waals surface area contributed by atoms with Gasteiger partial charge in [-0.15, -0.1) is 0 Å². The summed E-state index contributed by atoms with van der Waals surface area (Å²) in [7, 11) is 0. The molecule has 0 bridgehead atoms. The third-order valence-corrected chi connectivity index (χ3v) is 4.46. The van der Waals surface area contributed by atoms with Gasteiger partial charge in [0.05, 0.1) is 0 Å². The fraction of sp³-hybridized carbons (Fsp3) is 0.500. The molecule has 1 aromatic rings. The molecule has 1 aliphatic heterocycles. The summed E-state index contributed by atoms with van der Waals surface area (Å²) in [4.78, 5) is 27.0. The highest BCUT2D eigenvalue weighted by molar-refractivity contribution is 5.98. The van der Waals surface area contributed by atoms with Crippen LogP contribution < -0.4 is 5.32 Å². The van der Waals surface area contributed by atoms with Crippen LogP contribution in [0.5, 0.6) is 0 Å². The highest BCUT2D eigenvalue weighted by Gasteiger charge is 2.53. The quantitative estimate of drug-likeness (QED) is 0.915. The lowest BCUT2D eigenvalue weighted by molar-refractivity contribution is -0.153. The Labute approximate surface area is 119 Å². The van der Waals surface area contributed by atoms with E-state index in [0.717, 1.165) is 18.4 Å². The lowest BCUT2D eigenvalue weighted by Crippen LogP contribution is -2.62. The van der Waals surface area contributed by atoms with E-state index in [2.05, 4.69) is 12.2 Å². The molecule has 1 heterocycles. The third kappa shape index (κ3) is 1.99. The highest BCUT2D eigenvalue weighted by Crippen LogP contribution is 2.45. The van der Waals surface area contributed by atoms with Gasteiger partial charge >= 0.3 is 0 Å². The van der Waals surface area contributed by atoms with E-state index in [1.165, 1.54) is 0 Å². The fourth-order valence-corrected chi connectivity index (χ4v) is 3.01. The summed E-state index contributed by atoms with van der Waals surface area (Å²) >= 11 is 0. The zero-order valence-corrected chi connectivity index (χ0v) is 11.9. The molecule has 106 valence electrons. The van der Waals surface area contributed by atoms with Gasteiger partial charge in [-0.2, -0.15) is 0 Å². The number of carbonyl (C=O) groups is 2. The van der Waals surface area contributed by atoms with Gasteiger partial charge < -0.3 is 10.2 Å². The number of hydrogen-bond acceptors (Lipinski definition) is 2. The molecule has 1 aliphatic carbocycles. The van der Waals surface area contributed by atoms with Crippen LogP contribution in [0, 0.1) is 0 Å². The first-order valence-corrected chi connectivity index (χ1v) is 7.25. The van der Waals surface area contributed by atoms with Gasteiger partial charge in [-0.25, -0.2) is 0 Å². The summed E-state index contributed by atoms with van der Waals surface area (Å²) in [5, 5.41) is 2.88. The Morgan fingerprint density at radius 2 is 1.90 bits per heavy atom. The summed E-state index contributed by atoms with van der Waals surface area (Å²) in [6.07, 6.45) is 2.64. The van der Waals surface area contributed by atoms with E-state index < -0.39 is 6.04 Å². The van der Waals surface area contributed by atoms with E-state index in [9.17, 15) is 9.59 Å². The molecule has 2 fully saturated rings. The summed E-state index contributed by atoms with van der Waals surface area (Å²) in [6.45, 7) is 4.04. The molecular formula is C16H20N2O2. The first-order valence-electron chi connectivity index (χ1n) is 7.25. The number of hydrogen-bond donors (Lipinski definition) is 1. The second kappa shape index (κ2) is 4.62. The van der Waals surface area contributed by atoms with Gasteiger partial charge in [0.2, 0.25) is 5.91 Å². The van der Waals surface area contributed by atoms with Gasteiger partial charge in [0.1, 0.15) is 12.1 Å². The highest BCUT2D eigenvalue weighted by atomic mass is 16.2. The van der Waals surface area contributed by atoms with Crippen LogP contribution in [-0.4, -0.2) is 28.3 Å². The zero-order valence-electron chi connectivity index (χ0n) is 11.9. The largest absolute Gasteiger partial charge is 0.339 e. The van der Waals surface area contributed by atoms with E-state index in [1.54, 1.807) is 0 Å². The maximum Gasteiger partial charge on any atom is 0.250 e. The van der Waals surface area contributed by atoms with Crippen LogP contribution in [0.4, 0.5) is 0 Å². The van der Waals surface area contributed by atoms with Crippen molar-refractivity contribution in [3.05, 3.63) is 35.9 Å². The minimum absolute atomic E-state index is 0.0302. The summed E-state index contributed by atoms with van der Waals surface area (Å²) in [5.41, 5.74) is 0.734. The standard InChI is InChI=1S/C16H20N2O2/c1-3-12-14(19)17-13(11-7-5-4-6-8-11)15(20)18(12)16(2)9-10-16/h4-8,12-13H,3,9-10H2,1-2H3,(H,17,19). The molecule has 3 rings (SSSR count). The van der Waals surface area contributed by atoms with Gasteiger partial charge in [0, 0.05) is 5.54 Å². The van der Waals surface area contributed by atoms with Crippen molar-refractivity contribution in [2.45, 2.75) is 50.7 Å². The number of carbonyl (C=O) groups excluding carboxylic acids is 2. The molecule has 1 aromatic carbocycles. The van der Waals surface area contributed by atoms with Crippen LogP contribution in [-0.2, 0) is 9.59 Å². The normalized spacial score (nSPS) is 28.2. The molecule has 4 nitrogen and oxygen atoms in total. The summed E-state index contributed by atoms with van der Waals surface area (Å²) in [5.74, 6) is -0.00303. The van der Waals surface area contributed by atoms with Crippen LogP contribution in [0.25, 0.3) is 0 Å². The first-order chi connectivity index (χ1) is 9.57. The van der Waals surface area contributed by atoms with Crippen LogP contribution in [0.1, 0.15) is 44.7 Å².